The van der Waals surface area contributed by atoms with Crippen LogP contribution in [0.2, 0.25) is 0 Å². The van der Waals surface area contributed by atoms with Crippen molar-refractivity contribution in [3.8, 4) is 0 Å². The summed E-state index contributed by atoms with van der Waals surface area (Å²) >= 11 is -1.71. The molecule has 1 unspecified atom stereocenters. The van der Waals surface area contributed by atoms with Crippen molar-refractivity contribution in [2.45, 2.75) is 38.5 Å². The second-order valence-electron chi connectivity index (χ2n) is 2.87. The van der Waals surface area contributed by atoms with Crippen LogP contribution in [0.1, 0.15) is 38.5 Å². The van der Waals surface area contributed by atoms with Gasteiger partial charge >= 0.3 is 0 Å². The van der Waals surface area contributed by atoms with Gasteiger partial charge in [0.15, 0.2) is 11.1 Å². The lowest BCUT2D eigenvalue weighted by Crippen LogP contribution is -1.96. The fraction of sp³-hybridized carbons (Fsp3) is 0.750. The molecule has 0 aliphatic heterocycles. The van der Waals surface area contributed by atoms with Crippen molar-refractivity contribution in [2.24, 2.45) is 0 Å². The summed E-state index contributed by atoms with van der Waals surface area (Å²) in [5.74, 6) is 0. The number of rotatable bonds is 1. The molecule has 0 saturated carbocycles. The van der Waals surface area contributed by atoms with Gasteiger partial charge in [-0.1, -0.05) is 18.9 Å². The van der Waals surface area contributed by atoms with Crippen molar-refractivity contribution < 1.29 is 8.76 Å². The third kappa shape index (κ3) is 3.16. The highest BCUT2D eigenvalue weighted by molar-refractivity contribution is 7.83. The summed E-state index contributed by atoms with van der Waals surface area (Å²) in [6.45, 7) is 0. The van der Waals surface area contributed by atoms with E-state index in [0.717, 1.165) is 24.2 Å². The molecular weight excluding hydrogens is 160 g/mol. The van der Waals surface area contributed by atoms with E-state index in [1.54, 1.807) is 0 Å². The topological polar surface area (TPSA) is 37.3 Å². The standard InChI is InChI=1S/C8H14O2S/c9-11(10)8-6-4-2-1-3-5-7-8/h6H,1-5,7H2,(H,9,10). The molecular formula is C8H14O2S. The first-order chi connectivity index (χ1) is 5.30. The van der Waals surface area contributed by atoms with Gasteiger partial charge in [-0.2, -0.15) is 0 Å². The van der Waals surface area contributed by atoms with Crippen LogP contribution in [0.4, 0.5) is 0 Å². The van der Waals surface area contributed by atoms with Gasteiger partial charge in [-0.25, -0.2) is 4.21 Å². The lowest BCUT2D eigenvalue weighted by molar-refractivity contribution is 0.563. The Morgan fingerprint density at radius 2 is 2.00 bits per heavy atom. The van der Waals surface area contributed by atoms with Crippen LogP contribution in [-0.2, 0) is 11.1 Å². The van der Waals surface area contributed by atoms with E-state index in [1.807, 2.05) is 6.08 Å². The highest BCUT2D eigenvalue weighted by Crippen LogP contribution is 2.18. The van der Waals surface area contributed by atoms with Crippen LogP contribution in [-0.4, -0.2) is 8.76 Å². The average Bonchev–Trinajstić information content (AvgIpc) is 1.84. The van der Waals surface area contributed by atoms with Gasteiger partial charge < -0.3 is 4.55 Å². The summed E-state index contributed by atoms with van der Waals surface area (Å²) in [7, 11) is 0. The highest BCUT2D eigenvalue weighted by atomic mass is 32.2. The number of allylic oxidation sites excluding steroid dienone is 2. The minimum absolute atomic E-state index is 0.727. The Morgan fingerprint density at radius 1 is 1.27 bits per heavy atom. The monoisotopic (exact) mass is 174 g/mol. The van der Waals surface area contributed by atoms with Gasteiger partial charge in [0.25, 0.3) is 0 Å². The molecule has 64 valence electrons. The zero-order valence-corrected chi connectivity index (χ0v) is 7.40. The van der Waals surface area contributed by atoms with Gasteiger partial charge in [0, 0.05) is 4.91 Å². The molecule has 1 rings (SSSR count). The smallest absolute Gasteiger partial charge is 0.181 e. The fourth-order valence-electron chi connectivity index (χ4n) is 1.32. The van der Waals surface area contributed by atoms with Crippen molar-refractivity contribution in [3.63, 3.8) is 0 Å². The zero-order chi connectivity index (χ0) is 8.10. The first-order valence-electron chi connectivity index (χ1n) is 4.10. The van der Waals surface area contributed by atoms with E-state index in [1.165, 1.54) is 19.3 Å². The van der Waals surface area contributed by atoms with Crippen LogP contribution >= 0.6 is 0 Å². The molecule has 0 amide bonds. The molecule has 1 N–H and O–H groups in total. The lowest BCUT2D eigenvalue weighted by Gasteiger charge is -2.06. The van der Waals surface area contributed by atoms with Gasteiger partial charge in [-0.05, 0) is 25.7 Å². The molecule has 0 radical (unpaired) electrons. The summed E-state index contributed by atoms with van der Waals surface area (Å²) in [6.07, 6.45) is 8.41. The van der Waals surface area contributed by atoms with Crippen LogP contribution < -0.4 is 0 Å². The molecule has 0 heterocycles. The van der Waals surface area contributed by atoms with E-state index >= 15 is 0 Å². The molecule has 1 aliphatic carbocycles. The Morgan fingerprint density at radius 3 is 2.73 bits per heavy atom. The molecule has 0 spiro atoms. The number of hydrogen-bond donors (Lipinski definition) is 1. The third-order valence-electron chi connectivity index (χ3n) is 1.97. The second-order valence-corrected chi connectivity index (χ2v) is 3.90. The van der Waals surface area contributed by atoms with Crippen molar-refractivity contribution >= 4 is 11.1 Å². The minimum Gasteiger partial charge on any atom is -0.302 e. The maximum absolute atomic E-state index is 10.7. The Bertz CT molecular complexity index is 175. The molecule has 0 fully saturated rings. The van der Waals surface area contributed by atoms with Crippen molar-refractivity contribution in [3.05, 3.63) is 11.0 Å². The van der Waals surface area contributed by atoms with Gasteiger partial charge in [0.2, 0.25) is 0 Å². The summed E-state index contributed by atoms with van der Waals surface area (Å²) in [6, 6.07) is 0. The van der Waals surface area contributed by atoms with E-state index in [-0.39, 0.29) is 0 Å². The van der Waals surface area contributed by atoms with E-state index in [9.17, 15) is 4.21 Å². The first kappa shape index (κ1) is 8.94. The van der Waals surface area contributed by atoms with Gasteiger partial charge in [0.1, 0.15) is 0 Å². The maximum atomic E-state index is 10.7. The highest BCUT2D eigenvalue weighted by Gasteiger charge is 2.05. The van der Waals surface area contributed by atoms with E-state index in [4.69, 9.17) is 4.55 Å². The van der Waals surface area contributed by atoms with Crippen LogP contribution in [0.3, 0.4) is 0 Å². The van der Waals surface area contributed by atoms with Crippen LogP contribution in [0.15, 0.2) is 11.0 Å². The maximum Gasteiger partial charge on any atom is 0.181 e. The van der Waals surface area contributed by atoms with Crippen LogP contribution in [0.25, 0.3) is 0 Å². The molecule has 0 saturated heterocycles. The van der Waals surface area contributed by atoms with E-state index < -0.39 is 11.1 Å². The zero-order valence-electron chi connectivity index (χ0n) is 6.58. The molecule has 1 aliphatic rings. The van der Waals surface area contributed by atoms with E-state index in [0.29, 0.717) is 0 Å². The van der Waals surface area contributed by atoms with Crippen LogP contribution in [0.5, 0.6) is 0 Å². The summed E-state index contributed by atoms with van der Waals surface area (Å²) in [4.78, 5) is 0.727. The lowest BCUT2D eigenvalue weighted by atomic mass is 10.1. The normalized spacial score (nSPS) is 23.2. The summed E-state index contributed by atoms with van der Waals surface area (Å²) in [5.41, 5.74) is 0. The summed E-state index contributed by atoms with van der Waals surface area (Å²) in [5, 5.41) is 0. The molecule has 11 heavy (non-hydrogen) atoms. The Hall–Kier alpha value is -0.150. The Kier molecular flexibility index (Phi) is 3.80. The van der Waals surface area contributed by atoms with Crippen molar-refractivity contribution in [1.29, 1.82) is 0 Å². The molecule has 0 bridgehead atoms. The van der Waals surface area contributed by atoms with E-state index in [2.05, 4.69) is 0 Å². The fourth-order valence-corrected chi connectivity index (χ4v) is 1.90. The SMILES string of the molecule is O=S(O)C1=CCCCCCC1. The van der Waals surface area contributed by atoms with Crippen LogP contribution in [0, 0.1) is 0 Å². The first-order valence-corrected chi connectivity index (χ1v) is 5.21. The summed E-state index contributed by atoms with van der Waals surface area (Å²) < 4.78 is 19.5. The van der Waals surface area contributed by atoms with Gasteiger partial charge in [-0.3, -0.25) is 0 Å². The molecule has 0 aromatic heterocycles. The minimum atomic E-state index is -1.71. The predicted molar refractivity (Wildman–Crippen MR) is 46.6 cm³/mol. The predicted octanol–water partition coefficient (Wildman–Crippen LogP) is 2.45. The third-order valence-corrected chi connectivity index (χ3v) is 2.79. The molecule has 0 aromatic carbocycles. The molecule has 0 aromatic rings. The quantitative estimate of drug-likeness (QED) is 0.620. The second kappa shape index (κ2) is 4.67. The van der Waals surface area contributed by atoms with Crippen molar-refractivity contribution in [2.75, 3.05) is 0 Å². The average molecular weight is 174 g/mol. The number of hydrogen-bond acceptors (Lipinski definition) is 1. The molecule has 3 heteroatoms. The largest absolute Gasteiger partial charge is 0.302 e. The van der Waals surface area contributed by atoms with Crippen molar-refractivity contribution in [1.82, 2.24) is 0 Å². The van der Waals surface area contributed by atoms with Gasteiger partial charge in [-0.15, -0.1) is 0 Å². The van der Waals surface area contributed by atoms with Gasteiger partial charge in [0.05, 0.1) is 0 Å². The Labute approximate surface area is 70.0 Å². The Balaban J connectivity index is 2.52. The molecule has 1 atom stereocenters. The molecule has 2 nitrogen and oxygen atoms in total.